The molecule has 1 fully saturated rings. The molecule has 1 aliphatic carbocycles. The molecule has 1 amide bonds. The molecule has 0 radical (unpaired) electrons. The second-order valence-corrected chi connectivity index (χ2v) is 5.58. The van der Waals surface area contributed by atoms with Crippen LogP contribution in [0.3, 0.4) is 0 Å². The average molecular weight is 316 g/mol. The van der Waals surface area contributed by atoms with E-state index in [1.807, 2.05) is 0 Å². The zero-order valence-corrected chi connectivity index (χ0v) is 12.5. The molecule has 1 aromatic rings. The Hall–Kier alpha value is -1.26. The Morgan fingerprint density at radius 3 is 2.70 bits per heavy atom. The Balaban J connectivity index is 2.08. The fourth-order valence-corrected chi connectivity index (χ4v) is 2.41. The third-order valence-corrected chi connectivity index (χ3v) is 4.14. The number of esters is 1. The number of ether oxygens (including phenoxy) is 1. The summed E-state index contributed by atoms with van der Waals surface area (Å²) < 4.78 is 4.65. The number of hydrogen-bond donors (Lipinski definition) is 1. The molecule has 1 saturated carbocycles. The maximum atomic E-state index is 12.2. The molecule has 0 unspecified atom stereocenters. The SMILES string of the molecule is COC(=O)C[C@H](NC(=O)c1cccc(Cl)c1Cl)C1CC1. The van der Waals surface area contributed by atoms with Crippen molar-refractivity contribution >= 4 is 35.1 Å². The molecule has 2 rings (SSSR count). The van der Waals surface area contributed by atoms with Gasteiger partial charge in [-0.3, -0.25) is 9.59 Å². The molecule has 0 bridgehead atoms. The molecule has 0 saturated heterocycles. The van der Waals surface area contributed by atoms with Gasteiger partial charge in [0.1, 0.15) is 0 Å². The number of carbonyl (C=O) groups excluding carboxylic acids is 2. The van der Waals surface area contributed by atoms with Crippen LogP contribution < -0.4 is 5.32 Å². The topological polar surface area (TPSA) is 55.4 Å². The first-order valence-corrected chi connectivity index (χ1v) is 7.10. The Morgan fingerprint density at radius 1 is 1.40 bits per heavy atom. The zero-order chi connectivity index (χ0) is 14.7. The number of nitrogens with one attached hydrogen (secondary N) is 1. The van der Waals surface area contributed by atoms with Crippen LogP contribution in [0.25, 0.3) is 0 Å². The maximum absolute atomic E-state index is 12.2. The van der Waals surface area contributed by atoms with Crippen molar-refractivity contribution in [3.8, 4) is 0 Å². The van der Waals surface area contributed by atoms with E-state index in [9.17, 15) is 9.59 Å². The molecule has 0 aromatic heterocycles. The van der Waals surface area contributed by atoms with Crippen LogP contribution in [0.5, 0.6) is 0 Å². The molecular weight excluding hydrogens is 301 g/mol. The van der Waals surface area contributed by atoms with E-state index >= 15 is 0 Å². The predicted molar refractivity (Wildman–Crippen MR) is 77.1 cm³/mol. The number of methoxy groups -OCH3 is 1. The Morgan fingerprint density at radius 2 is 2.10 bits per heavy atom. The second kappa shape index (κ2) is 6.46. The molecule has 0 aliphatic heterocycles. The first-order chi connectivity index (χ1) is 9.52. The lowest BCUT2D eigenvalue weighted by Crippen LogP contribution is -2.38. The number of carbonyl (C=O) groups is 2. The van der Waals surface area contributed by atoms with Gasteiger partial charge in [0.05, 0.1) is 29.1 Å². The van der Waals surface area contributed by atoms with Crippen molar-refractivity contribution in [3.63, 3.8) is 0 Å². The quantitative estimate of drug-likeness (QED) is 0.850. The first-order valence-electron chi connectivity index (χ1n) is 6.34. The van der Waals surface area contributed by atoms with Gasteiger partial charge in [0.2, 0.25) is 0 Å². The van der Waals surface area contributed by atoms with Crippen molar-refractivity contribution in [2.45, 2.75) is 25.3 Å². The van der Waals surface area contributed by atoms with Crippen LogP contribution in [-0.4, -0.2) is 25.0 Å². The van der Waals surface area contributed by atoms with Gasteiger partial charge in [-0.2, -0.15) is 0 Å². The van der Waals surface area contributed by atoms with Crippen molar-refractivity contribution in [1.82, 2.24) is 5.32 Å². The minimum absolute atomic E-state index is 0.172. The summed E-state index contributed by atoms with van der Waals surface area (Å²) >= 11 is 11.9. The fraction of sp³-hybridized carbons (Fsp3) is 0.429. The molecule has 6 heteroatoms. The Bertz CT molecular complexity index is 529. The molecule has 4 nitrogen and oxygen atoms in total. The van der Waals surface area contributed by atoms with Gasteiger partial charge < -0.3 is 10.1 Å². The largest absolute Gasteiger partial charge is 0.469 e. The van der Waals surface area contributed by atoms with Crippen molar-refractivity contribution in [1.29, 1.82) is 0 Å². The van der Waals surface area contributed by atoms with Gasteiger partial charge in [0.15, 0.2) is 0 Å². The van der Waals surface area contributed by atoms with E-state index in [2.05, 4.69) is 10.1 Å². The van der Waals surface area contributed by atoms with E-state index in [4.69, 9.17) is 23.2 Å². The van der Waals surface area contributed by atoms with Crippen LogP contribution in [0.2, 0.25) is 10.0 Å². The molecule has 1 aromatic carbocycles. The number of halogens is 2. The normalized spacial score (nSPS) is 15.6. The van der Waals surface area contributed by atoms with E-state index < -0.39 is 0 Å². The highest BCUT2D eigenvalue weighted by Crippen LogP contribution is 2.34. The van der Waals surface area contributed by atoms with Crippen molar-refractivity contribution in [3.05, 3.63) is 33.8 Å². The summed E-state index contributed by atoms with van der Waals surface area (Å²) in [5, 5.41) is 3.40. The number of amides is 1. The minimum Gasteiger partial charge on any atom is -0.469 e. The van der Waals surface area contributed by atoms with Crippen LogP contribution >= 0.6 is 23.2 Å². The summed E-state index contributed by atoms with van der Waals surface area (Å²) in [4.78, 5) is 23.6. The van der Waals surface area contributed by atoms with Gasteiger partial charge in [0.25, 0.3) is 5.91 Å². The molecule has 1 atom stereocenters. The summed E-state index contributed by atoms with van der Waals surface area (Å²) in [6, 6.07) is 4.67. The molecule has 0 heterocycles. The first kappa shape index (κ1) is 15.1. The van der Waals surface area contributed by atoms with Crippen LogP contribution in [0.4, 0.5) is 0 Å². The molecule has 108 valence electrons. The summed E-state index contributed by atoms with van der Waals surface area (Å²) in [5.74, 6) is -0.325. The molecule has 0 spiro atoms. The van der Waals surface area contributed by atoms with Crippen molar-refractivity contribution in [2.24, 2.45) is 5.92 Å². The smallest absolute Gasteiger partial charge is 0.307 e. The summed E-state index contributed by atoms with van der Waals surface area (Å²) in [6.45, 7) is 0. The molecular formula is C14H15Cl2NO3. The molecule has 1 N–H and O–H groups in total. The fourth-order valence-electron chi connectivity index (χ4n) is 2.02. The minimum atomic E-state index is -0.334. The lowest BCUT2D eigenvalue weighted by molar-refractivity contribution is -0.141. The van der Waals surface area contributed by atoms with E-state index in [0.717, 1.165) is 12.8 Å². The van der Waals surface area contributed by atoms with Gasteiger partial charge in [-0.25, -0.2) is 0 Å². The highest BCUT2D eigenvalue weighted by molar-refractivity contribution is 6.43. The number of rotatable bonds is 5. The van der Waals surface area contributed by atoms with Gasteiger partial charge in [0, 0.05) is 6.04 Å². The summed E-state index contributed by atoms with van der Waals surface area (Å²) in [7, 11) is 1.34. The standard InChI is InChI=1S/C14H15Cl2NO3/c1-20-12(18)7-11(8-5-6-8)17-14(19)9-3-2-4-10(15)13(9)16/h2-4,8,11H,5-7H2,1H3,(H,17,19)/t11-/m0/s1. The van der Waals surface area contributed by atoms with E-state index in [1.165, 1.54) is 7.11 Å². The van der Waals surface area contributed by atoms with E-state index in [1.54, 1.807) is 18.2 Å². The third-order valence-electron chi connectivity index (χ3n) is 3.32. The van der Waals surface area contributed by atoms with Crippen molar-refractivity contribution in [2.75, 3.05) is 7.11 Å². The van der Waals surface area contributed by atoms with Crippen molar-refractivity contribution < 1.29 is 14.3 Å². The lowest BCUT2D eigenvalue weighted by Gasteiger charge is -2.17. The Kier molecular flexibility index (Phi) is 4.89. The monoisotopic (exact) mass is 315 g/mol. The molecule has 20 heavy (non-hydrogen) atoms. The van der Waals surface area contributed by atoms with Gasteiger partial charge in [-0.05, 0) is 30.9 Å². The second-order valence-electron chi connectivity index (χ2n) is 4.80. The van der Waals surface area contributed by atoms with Crippen LogP contribution in [-0.2, 0) is 9.53 Å². The Labute approximate surface area is 127 Å². The van der Waals surface area contributed by atoms with Crippen LogP contribution in [0, 0.1) is 5.92 Å². The van der Waals surface area contributed by atoms with Gasteiger partial charge >= 0.3 is 5.97 Å². The average Bonchev–Trinajstić information content (AvgIpc) is 3.25. The maximum Gasteiger partial charge on any atom is 0.307 e. The van der Waals surface area contributed by atoms with Crippen LogP contribution in [0.15, 0.2) is 18.2 Å². The van der Waals surface area contributed by atoms with Gasteiger partial charge in [-0.15, -0.1) is 0 Å². The van der Waals surface area contributed by atoms with E-state index in [0.29, 0.717) is 16.5 Å². The highest BCUT2D eigenvalue weighted by atomic mass is 35.5. The summed E-state index contributed by atoms with van der Waals surface area (Å²) in [6.07, 6.45) is 2.18. The van der Waals surface area contributed by atoms with Gasteiger partial charge in [-0.1, -0.05) is 29.3 Å². The van der Waals surface area contributed by atoms with E-state index in [-0.39, 0.29) is 29.4 Å². The zero-order valence-electron chi connectivity index (χ0n) is 11.0. The third kappa shape index (κ3) is 3.64. The number of hydrogen-bond acceptors (Lipinski definition) is 3. The van der Waals surface area contributed by atoms with Crippen LogP contribution in [0.1, 0.15) is 29.6 Å². The highest BCUT2D eigenvalue weighted by Gasteiger charge is 2.34. The molecule has 1 aliphatic rings. The lowest BCUT2D eigenvalue weighted by atomic mass is 10.1. The number of benzene rings is 1. The predicted octanol–water partition coefficient (Wildman–Crippen LogP) is 3.06. The summed E-state index contributed by atoms with van der Waals surface area (Å²) in [5.41, 5.74) is 0.315.